The van der Waals surface area contributed by atoms with E-state index in [0.717, 1.165) is 31.4 Å². The number of hydrogen-bond acceptors (Lipinski definition) is 4. The fraction of sp³-hybridized carbons (Fsp3) is 0.700. The van der Waals surface area contributed by atoms with Crippen molar-refractivity contribution in [1.29, 1.82) is 0 Å². The van der Waals surface area contributed by atoms with E-state index >= 15 is 0 Å². The van der Waals surface area contributed by atoms with Crippen molar-refractivity contribution in [2.75, 3.05) is 26.7 Å². The molecule has 1 saturated carbocycles. The van der Waals surface area contributed by atoms with Crippen LogP contribution in [0.25, 0.3) is 0 Å². The van der Waals surface area contributed by atoms with Crippen molar-refractivity contribution in [2.24, 2.45) is 13.0 Å². The van der Waals surface area contributed by atoms with Gasteiger partial charge in [0.1, 0.15) is 0 Å². The van der Waals surface area contributed by atoms with Crippen LogP contribution in [-0.2, 0) is 16.6 Å². The summed E-state index contributed by atoms with van der Waals surface area (Å²) >= 11 is 0. The number of carbonyl (C=O) groups excluding carboxylic acids is 2. The van der Waals surface area contributed by atoms with Crippen molar-refractivity contribution in [3.05, 3.63) is 17.5 Å². The Kier molecular flexibility index (Phi) is 6.36. The van der Waals surface area contributed by atoms with E-state index in [4.69, 9.17) is 5.11 Å². The maximum Gasteiger partial charge on any atom is 0.306 e. The molecule has 2 amide bonds. The molecular weight excluding hydrogens is 360 g/mol. The summed E-state index contributed by atoms with van der Waals surface area (Å²) in [6, 6.07) is 0. The molecule has 0 radical (unpaired) electrons. The lowest BCUT2D eigenvalue weighted by molar-refractivity contribution is -0.145. The summed E-state index contributed by atoms with van der Waals surface area (Å²) in [5.74, 6) is -1.18. The Morgan fingerprint density at radius 1 is 1.14 bits per heavy atom. The van der Waals surface area contributed by atoms with Crippen LogP contribution in [0, 0.1) is 5.92 Å². The molecule has 0 aromatic carbocycles. The average Bonchev–Trinajstić information content (AvgIpc) is 3.09. The van der Waals surface area contributed by atoms with Crippen LogP contribution in [0.5, 0.6) is 0 Å². The van der Waals surface area contributed by atoms with Gasteiger partial charge < -0.3 is 14.9 Å². The smallest absolute Gasteiger partial charge is 0.306 e. The standard InChI is InChI=1S/C20H30N4O4/c1-22(13-17(25)24-10-8-15(9-11-24)20(27)28)19(26)16-12-23(2)21-18(16)14-6-4-3-5-7-14/h12,14-15H,3-11,13H2,1-2H3,(H,27,28). The van der Waals surface area contributed by atoms with Gasteiger partial charge >= 0.3 is 5.97 Å². The Balaban J connectivity index is 1.62. The predicted molar refractivity (Wildman–Crippen MR) is 103 cm³/mol. The number of rotatable bonds is 5. The van der Waals surface area contributed by atoms with Crippen LogP contribution >= 0.6 is 0 Å². The third-order valence-corrected chi connectivity index (χ3v) is 6.00. The third-order valence-electron chi connectivity index (χ3n) is 6.00. The molecule has 1 aliphatic carbocycles. The molecule has 8 nitrogen and oxygen atoms in total. The highest BCUT2D eigenvalue weighted by Gasteiger charge is 2.30. The van der Waals surface area contributed by atoms with E-state index in [9.17, 15) is 14.4 Å². The molecule has 154 valence electrons. The van der Waals surface area contributed by atoms with Crippen molar-refractivity contribution >= 4 is 17.8 Å². The van der Waals surface area contributed by atoms with Gasteiger partial charge in [-0.1, -0.05) is 19.3 Å². The van der Waals surface area contributed by atoms with Gasteiger partial charge in [-0.25, -0.2) is 0 Å². The Hall–Kier alpha value is -2.38. The molecule has 1 aromatic rings. The van der Waals surface area contributed by atoms with E-state index in [1.807, 2.05) is 7.05 Å². The molecule has 8 heteroatoms. The lowest BCUT2D eigenvalue weighted by atomic mass is 9.85. The number of aromatic nitrogens is 2. The first-order valence-electron chi connectivity index (χ1n) is 10.2. The molecule has 0 bridgehead atoms. The fourth-order valence-electron chi connectivity index (χ4n) is 4.30. The molecule has 1 aromatic heterocycles. The molecule has 0 unspecified atom stereocenters. The van der Waals surface area contributed by atoms with Gasteiger partial charge in [0, 0.05) is 39.3 Å². The number of likely N-dealkylation sites (N-methyl/N-ethyl adjacent to an activating group) is 1. The Labute approximate surface area is 165 Å². The Morgan fingerprint density at radius 2 is 1.79 bits per heavy atom. The van der Waals surface area contributed by atoms with Gasteiger partial charge in [0.15, 0.2) is 0 Å². The SMILES string of the molecule is CN(CC(=O)N1CCC(C(=O)O)CC1)C(=O)c1cn(C)nc1C1CCCCC1. The molecule has 1 saturated heterocycles. The minimum Gasteiger partial charge on any atom is -0.481 e. The van der Waals surface area contributed by atoms with Crippen LogP contribution in [0.1, 0.15) is 66.9 Å². The molecule has 28 heavy (non-hydrogen) atoms. The van der Waals surface area contributed by atoms with Crippen molar-refractivity contribution in [2.45, 2.75) is 50.9 Å². The number of amides is 2. The number of carbonyl (C=O) groups is 3. The van der Waals surface area contributed by atoms with Crippen molar-refractivity contribution in [3.63, 3.8) is 0 Å². The van der Waals surface area contributed by atoms with E-state index in [1.54, 1.807) is 22.8 Å². The second-order valence-corrected chi connectivity index (χ2v) is 8.09. The van der Waals surface area contributed by atoms with E-state index in [2.05, 4.69) is 5.10 Å². The number of aliphatic carboxylic acids is 1. The lowest BCUT2D eigenvalue weighted by Crippen LogP contribution is -2.45. The molecule has 2 aliphatic rings. The second-order valence-electron chi connectivity index (χ2n) is 8.09. The fourth-order valence-corrected chi connectivity index (χ4v) is 4.30. The molecule has 2 heterocycles. The molecule has 3 rings (SSSR count). The molecule has 1 aliphatic heterocycles. The predicted octanol–water partition coefficient (Wildman–Crippen LogP) is 1.86. The summed E-state index contributed by atoms with van der Waals surface area (Å²) in [4.78, 5) is 39.8. The number of carboxylic acid groups (broad SMARTS) is 1. The van der Waals surface area contributed by atoms with Crippen molar-refractivity contribution in [1.82, 2.24) is 19.6 Å². The number of likely N-dealkylation sites (tertiary alicyclic amines) is 1. The highest BCUT2D eigenvalue weighted by Crippen LogP contribution is 2.33. The number of nitrogens with zero attached hydrogens (tertiary/aromatic N) is 4. The minimum atomic E-state index is -0.800. The van der Waals surface area contributed by atoms with Crippen LogP contribution in [0.2, 0.25) is 0 Å². The van der Waals surface area contributed by atoms with Crippen LogP contribution in [0.3, 0.4) is 0 Å². The summed E-state index contributed by atoms with van der Waals surface area (Å²) in [6.45, 7) is 0.853. The van der Waals surface area contributed by atoms with Gasteiger partial charge in [-0.05, 0) is 25.7 Å². The molecule has 2 fully saturated rings. The van der Waals surface area contributed by atoms with Crippen LogP contribution in [0.4, 0.5) is 0 Å². The summed E-state index contributed by atoms with van der Waals surface area (Å²) in [6.07, 6.45) is 8.35. The molecule has 0 spiro atoms. The highest BCUT2D eigenvalue weighted by atomic mass is 16.4. The van der Waals surface area contributed by atoms with Crippen LogP contribution in [0.15, 0.2) is 6.20 Å². The largest absolute Gasteiger partial charge is 0.481 e. The summed E-state index contributed by atoms with van der Waals surface area (Å²) in [5, 5.41) is 13.6. The Morgan fingerprint density at radius 3 is 2.39 bits per heavy atom. The van der Waals surface area contributed by atoms with Crippen LogP contribution in [-0.4, -0.2) is 69.2 Å². The zero-order valence-electron chi connectivity index (χ0n) is 16.8. The van der Waals surface area contributed by atoms with Gasteiger partial charge in [-0.15, -0.1) is 0 Å². The lowest BCUT2D eigenvalue weighted by Gasteiger charge is -2.31. The minimum absolute atomic E-state index is 0.00439. The van der Waals surface area contributed by atoms with Crippen LogP contribution < -0.4 is 0 Å². The second kappa shape index (κ2) is 8.75. The topological polar surface area (TPSA) is 95.7 Å². The van der Waals surface area contributed by atoms with E-state index < -0.39 is 5.97 Å². The summed E-state index contributed by atoms with van der Waals surface area (Å²) in [7, 11) is 3.46. The maximum atomic E-state index is 13.0. The van der Waals surface area contributed by atoms with Gasteiger partial charge in [-0.3, -0.25) is 19.1 Å². The molecular formula is C20H30N4O4. The van der Waals surface area contributed by atoms with Crippen molar-refractivity contribution in [3.8, 4) is 0 Å². The summed E-state index contributed by atoms with van der Waals surface area (Å²) in [5.41, 5.74) is 1.45. The van der Waals surface area contributed by atoms with Gasteiger partial charge in [-0.2, -0.15) is 5.10 Å². The molecule has 1 N–H and O–H groups in total. The van der Waals surface area contributed by atoms with E-state index in [-0.39, 0.29) is 24.3 Å². The summed E-state index contributed by atoms with van der Waals surface area (Å²) < 4.78 is 1.68. The van der Waals surface area contributed by atoms with Gasteiger partial charge in [0.25, 0.3) is 5.91 Å². The zero-order chi connectivity index (χ0) is 20.3. The third kappa shape index (κ3) is 4.54. The van der Waals surface area contributed by atoms with Gasteiger partial charge in [0.2, 0.25) is 5.91 Å². The first-order valence-corrected chi connectivity index (χ1v) is 10.2. The number of carboxylic acids is 1. The quantitative estimate of drug-likeness (QED) is 0.828. The number of aryl methyl sites for hydroxylation is 1. The number of piperidine rings is 1. The number of hydrogen-bond donors (Lipinski definition) is 1. The maximum absolute atomic E-state index is 13.0. The molecule has 0 atom stereocenters. The monoisotopic (exact) mass is 390 g/mol. The Bertz CT molecular complexity index is 731. The zero-order valence-corrected chi connectivity index (χ0v) is 16.8. The van der Waals surface area contributed by atoms with Crippen molar-refractivity contribution < 1.29 is 19.5 Å². The average molecular weight is 390 g/mol. The highest BCUT2D eigenvalue weighted by molar-refractivity contribution is 5.97. The first kappa shape index (κ1) is 20.4. The van der Waals surface area contributed by atoms with Gasteiger partial charge in [0.05, 0.1) is 23.7 Å². The van der Waals surface area contributed by atoms with E-state index in [1.165, 1.54) is 11.3 Å². The first-order chi connectivity index (χ1) is 13.4. The van der Waals surface area contributed by atoms with E-state index in [0.29, 0.717) is 37.4 Å². The normalized spacial score (nSPS) is 18.9.